The van der Waals surface area contributed by atoms with Crippen molar-refractivity contribution in [1.29, 1.82) is 0 Å². The molecule has 2 atom stereocenters. The monoisotopic (exact) mass is 430 g/mol. The van der Waals surface area contributed by atoms with Crippen molar-refractivity contribution in [1.82, 2.24) is 5.32 Å². The fourth-order valence-corrected chi connectivity index (χ4v) is 5.22. The molecule has 2 aromatic rings. The molecule has 0 aromatic heterocycles. The number of carbonyl (C=O) groups is 1. The van der Waals surface area contributed by atoms with Gasteiger partial charge in [-0.15, -0.1) is 0 Å². The topological polar surface area (TPSA) is 75.7 Å². The first-order valence-corrected chi connectivity index (χ1v) is 12.0. The Labute approximate surface area is 179 Å². The third-order valence-corrected chi connectivity index (χ3v) is 6.46. The van der Waals surface area contributed by atoms with Crippen LogP contribution >= 0.6 is 0 Å². The molecular weight excluding hydrogens is 400 g/mol. The molecule has 1 amide bonds. The highest BCUT2D eigenvalue weighted by molar-refractivity contribution is 7.92. The van der Waals surface area contributed by atoms with E-state index in [4.69, 9.17) is 4.74 Å². The maximum absolute atomic E-state index is 13.4. The van der Waals surface area contributed by atoms with Crippen LogP contribution in [0.25, 0.3) is 0 Å². The molecular formula is C23H30N2O4S. The number of ether oxygens (including phenoxy) is 1. The number of rotatable bonds is 6. The molecule has 162 valence electrons. The van der Waals surface area contributed by atoms with E-state index in [1.807, 2.05) is 52.0 Å². The Bertz CT molecular complexity index is 1020. The predicted octanol–water partition coefficient (Wildman–Crippen LogP) is 3.96. The average Bonchev–Trinajstić information content (AvgIpc) is 2.65. The molecule has 1 aliphatic rings. The van der Waals surface area contributed by atoms with Crippen LogP contribution in [0.15, 0.2) is 48.5 Å². The van der Waals surface area contributed by atoms with Crippen LogP contribution in [0.3, 0.4) is 0 Å². The Morgan fingerprint density at radius 3 is 2.50 bits per heavy atom. The van der Waals surface area contributed by atoms with E-state index in [0.29, 0.717) is 18.5 Å². The third kappa shape index (κ3) is 4.78. The van der Waals surface area contributed by atoms with E-state index < -0.39 is 21.7 Å². The molecule has 7 heteroatoms. The SMILES string of the molecule is CC[C@@H](C(=O)N[C@H]1CC(C)(C)Oc2ccc(C)cc21)N(c1ccccc1)S(C)(=O)=O. The Balaban J connectivity index is 1.94. The van der Waals surface area contributed by atoms with Crippen LogP contribution in [-0.4, -0.2) is 32.2 Å². The maximum atomic E-state index is 13.4. The van der Waals surface area contributed by atoms with Crippen LogP contribution in [0.5, 0.6) is 5.75 Å². The summed E-state index contributed by atoms with van der Waals surface area (Å²) in [7, 11) is -3.66. The van der Waals surface area contributed by atoms with Gasteiger partial charge >= 0.3 is 0 Å². The zero-order valence-corrected chi connectivity index (χ0v) is 19.0. The van der Waals surface area contributed by atoms with Gasteiger partial charge in [-0.1, -0.05) is 42.8 Å². The van der Waals surface area contributed by atoms with E-state index in [-0.39, 0.29) is 11.9 Å². The number of aryl methyl sites for hydroxylation is 1. The first kappa shape index (κ1) is 22.2. The van der Waals surface area contributed by atoms with Gasteiger partial charge in [0.15, 0.2) is 0 Å². The zero-order chi connectivity index (χ0) is 22.1. The Kier molecular flexibility index (Phi) is 6.13. The number of anilines is 1. The number of sulfonamides is 1. The molecule has 0 saturated carbocycles. The second-order valence-corrected chi connectivity index (χ2v) is 10.3. The highest BCUT2D eigenvalue weighted by Crippen LogP contribution is 2.40. The van der Waals surface area contributed by atoms with Gasteiger partial charge in [-0.2, -0.15) is 0 Å². The number of hydrogen-bond acceptors (Lipinski definition) is 4. The summed E-state index contributed by atoms with van der Waals surface area (Å²) in [5.74, 6) is 0.431. The third-order valence-electron chi connectivity index (χ3n) is 5.28. The molecule has 0 unspecified atom stereocenters. The van der Waals surface area contributed by atoms with Crippen LogP contribution in [0.2, 0.25) is 0 Å². The zero-order valence-electron chi connectivity index (χ0n) is 18.2. The Morgan fingerprint density at radius 1 is 1.23 bits per heavy atom. The van der Waals surface area contributed by atoms with E-state index in [1.165, 1.54) is 4.31 Å². The Morgan fingerprint density at radius 2 is 1.90 bits per heavy atom. The minimum absolute atomic E-state index is 0.262. The van der Waals surface area contributed by atoms with Crippen molar-refractivity contribution in [3.8, 4) is 5.75 Å². The fraction of sp³-hybridized carbons (Fsp3) is 0.435. The summed E-state index contributed by atoms with van der Waals surface area (Å²) in [5.41, 5.74) is 2.02. The molecule has 6 nitrogen and oxygen atoms in total. The van der Waals surface area contributed by atoms with E-state index in [0.717, 1.165) is 23.1 Å². The van der Waals surface area contributed by atoms with Crippen LogP contribution in [-0.2, 0) is 14.8 Å². The number of carbonyl (C=O) groups excluding carboxylic acids is 1. The first-order valence-electron chi connectivity index (χ1n) is 10.2. The Hall–Kier alpha value is -2.54. The van der Waals surface area contributed by atoms with Gasteiger partial charge in [-0.25, -0.2) is 8.42 Å². The molecule has 1 N–H and O–H groups in total. The number of benzene rings is 2. The van der Waals surface area contributed by atoms with Crippen molar-refractivity contribution in [3.05, 3.63) is 59.7 Å². The molecule has 0 spiro atoms. The van der Waals surface area contributed by atoms with Gasteiger partial charge in [0, 0.05) is 12.0 Å². The minimum Gasteiger partial charge on any atom is -0.487 e. The van der Waals surface area contributed by atoms with E-state index in [2.05, 4.69) is 5.32 Å². The summed E-state index contributed by atoms with van der Waals surface area (Å²) >= 11 is 0. The molecule has 0 bridgehead atoms. The number of fused-ring (bicyclic) bond motifs is 1. The average molecular weight is 431 g/mol. The molecule has 3 rings (SSSR count). The van der Waals surface area contributed by atoms with Crippen molar-refractivity contribution in [3.63, 3.8) is 0 Å². The summed E-state index contributed by atoms with van der Waals surface area (Å²) < 4.78 is 32.5. The highest BCUT2D eigenvalue weighted by Gasteiger charge is 2.37. The van der Waals surface area contributed by atoms with Crippen molar-refractivity contribution < 1.29 is 17.9 Å². The highest BCUT2D eigenvalue weighted by atomic mass is 32.2. The van der Waals surface area contributed by atoms with Gasteiger partial charge in [0.25, 0.3) is 0 Å². The van der Waals surface area contributed by atoms with Crippen molar-refractivity contribution >= 4 is 21.6 Å². The summed E-state index contributed by atoms with van der Waals surface area (Å²) in [6, 6.07) is 13.6. The van der Waals surface area contributed by atoms with Crippen LogP contribution in [0.1, 0.15) is 50.8 Å². The molecule has 0 radical (unpaired) electrons. The summed E-state index contributed by atoms with van der Waals surface area (Å²) in [5, 5.41) is 3.11. The number of nitrogens with zero attached hydrogens (tertiary/aromatic N) is 1. The lowest BCUT2D eigenvalue weighted by molar-refractivity contribution is -0.123. The molecule has 0 fully saturated rings. The lowest BCUT2D eigenvalue weighted by atomic mass is 9.88. The molecule has 1 aliphatic heterocycles. The summed E-state index contributed by atoms with van der Waals surface area (Å²) in [4.78, 5) is 13.4. The molecule has 1 heterocycles. The van der Waals surface area contributed by atoms with Crippen LogP contribution in [0.4, 0.5) is 5.69 Å². The van der Waals surface area contributed by atoms with Crippen molar-refractivity contribution in [2.75, 3.05) is 10.6 Å². The summed E-state index contributed by atoms with van der Waals surface area (Å²) in [6.45, 7) is 7.78. The number of amides is 1. The molecule has 0 aliphatic carbocycles. The van der Waals surface area contributed by atoms with Gasteiger partial charge in [0.2, 0.25) is 15.9 Å². The molecule has 2 aromatic carbocycles. The van der Waals surface area contributed by atoms with E-state index in [9.17, 15) is 13.2 Å². The predicted molar refractivity (Wildman–Crippen MR) is 119 cm³/mol. The maximum Gasteiger partial charge on any atom is 0.244 e. The smallest absolute Gasteiger partial charge is 0.244 e. The molecule has 30 heavy (non-hydrogen) atoms. The second kappa shape index (κ2) is 8.30. The first-order chi connectivity index (χ1) is 14.0. The van der Waals surface area contributed by atoms with E-state index >= 15 is 0 Å². The number of hydrogen-bond donors (Lipinski definition) is 1. The second-order valence-electron chi connectivity index (χ2n) is 8.49. The van der Waals surface area contributed by atoms with Gasteiger partial charge in [-0.3, -0.25) is 9.10 Å². The quantitative estimate of drug-likeness (QED) is 0.753. The fourth-order valence-electron chi connectivity index (χ4n) is 4.01. The van der Waals surface area contributed by atoms with E-state index in [1.54, 1.807) is 24.3 Å². The summed E-state index contributed by atoms with van der Waals surface area (Å²) in [6.07, 6.45) is 2.07. The lowest BCUT2D eigenvalue weighted by Gasteiger charge is -2.39. The minimum atomic E-state index is -3.66. The van der Waals surface area contributed by atoms with Gasteiger partial charge < -0.3 is 10.1 Å². The van der Waals surface area contributed by atoms with Gasteiger partial charge in [0.05, 0.1) is 18.0 Å². The largest absolute Gasteiger partial charge is 0.487 e. The van der Waals surface area contributed by atoms with Crippen LogP contribution in [0, 0.1) is 6.92 Å². The van der Waals surface area contributed by atoms with Gasteiger partial charge in [0.1, 0.15) is 17.4 Å². The van der Waals surface area contributed by atoms with Gasteiger partial charge in [-0.05, 0) is 45.4 Å². The van der Waals surface area contributed by atoms with Crippen molar-refractivity contribution in [2.45, 2.75) is 58.2 Å². The van der Waals surface area contributed by atoms with Crippen molar-refractivity contribution in [2.24, 2.45) is 0 Å². The number of nitrogens with one attached hydrogen (secondary N) is 1. The van der Waals surface area contributed by atoms with Crippen LogP contribution < -0.4 is 14.4 Å². The normalized spacial score (nSPS) is 18.6. The standard InChI is InChI=1S/C23H30N2O4S/c1-6-20(25(30(5,27)28)17-10-8-7-9-11-17)22(26)24-19-15-23(3,4)29-21-13-12-16(2)14-18(19)21/h7-14,19-20H,6,15H2,1-5H3,(H,24,26)/t19-,20-/m0/s1. The number of para-hydroxylation sites is 1. The lowest BCUT2D eigenvalue weighted by Crippen LogP contribution is -2.51. The molecule has 0 saturated heterocycles.